The molecule has 1 aliphatic heterocycles. The zero-order chi connectivity index (χ0) is 22.6. The van der Waals surface area contributed by atoms with Gasteiger partial charge in [0.15, 0.2) is 0 Å². The Morgan fingerprint density at radius 3 is 2.62 bits per heavy atom. The smallest absolute Gasteiger partial charge is 0.226 e. The van der Waals surface area contributed by atoms with E-state index < -0.39 is 11.4 Å². The highest BCUT2D eigenvalue weighted by molar-refractivity contribution is 5.79. The van der Waals surface area contributed by atoms with E-state index in [4.69, 9.17) is 6.57 Å². The highest BCUT2D eigenvalue weighted by atomic mass is 19.1. The summed E-state index contributed by atoms with van der Waals surface area (Å²) in [6.45, 7) is 7.89. The molecule has 1 amide bonds. The number of benzene rings is 2. The lowest BCUT2D eigenvalue weighted by Gasteiger charge is -2.36. The van der Waals surface area contributed by atoms with Crippen LogP contribution in [0.3, 0.4) is 0 Å². The van der Waals surface area contributed by atoms with Gasteiger partial charge in [0.1, 0.15) is 12.1 Å². The summed E-state index contributed by atoms with van der Waals surface area (Å²) in [6, 6.07) is 11.7. The number of likely N-dealkylation sites (tertiary alicyclic amines) is 1. The Morgan fingerprint density at radius 1 is 1.22 bits per heavy atom. The number of carbonyl (C=O) groups is 1. The molecule has 0 bridgehead atoms. The van der Waals surface area contributed by atoms with Crippen molar-refractivity contribution in [2.24, 2.45) is 0 Å². The highest BCUT2D eigenvalue weighted by Gasteiger charge is 2.31. The summed E-state index contributed by atoms with van der Waals surface area (Å²) in [5.74, 6) is -0.556. The van der Waals surface area contributed by atoms with Crippen LogP contribution in [0.25, 0.3) is 16.6 Å². The van der Waals surface area contributed by atoms with E-state index in [1.54, 1.807) is 27.8 Å². The van der Waals surface area contributed by atoms with Gasteiger partial charge >= 0.3 is 0 Å². The number of hydrogen-bond donors (Lipinski definition) is 1. The maximum Gasteiger partial charge on any atom is 0.226 e. The lowest BCUT2D eigenvalue weighted by Crippen LogP contribution is -2.46. The molecule has 0 spiro atoms. The van der Waals surface area contributed by atoms with Gasteiger partial charge in [0.2, 0.25) is 11.6 Å². The Morgan fingerprint density at radius 2 is 1.97 bits per heavy atom. The Labute approximate surface area is 184 Å². The first-order valence-electron chi connectivity index (χ1n) is 10.1. The second-order valence-electron chi connectivity index (χ2n) is 7.74. The molecule has 32 heavy (non-hydrogen) atoms. The molecule has 3 aromatic rings. The van der Waals surface area contributed by atoms with Gasteiger partial charge in [-0.2, -0.15) is 0 Å². The molecule has 0 saturated carbocycles. The highest BCUT2D eigenvalue weighted by Crippen LogP contribution is 2.26. The number of aromatic nitrogens is 4. The molecule has 9 heteroatoms. The maximum atomic E-state index is 13.5. The molecule has 162 valence electrons. The molecule has 2 heterocycles. The summed E-state index contributed by atoms with van der Waals surface area (Å²) in [6.07, 6.45) is 5.96. The Balaban J connectivity index is 1.32. The summed E-state index contributed by atoms with van der Waals surface area (Å²) in [5, 5.41) is 21.9. The van der Waals surface area contributed by atoms with E-state index in [9.17, 15) is 14.3 Å². The van der Waals surface area contributed by atoms with Crippen molar-refractivity contribution in [2.75, 3.05) is 13.1 Å². The van der Waals surface area contributed by atoms with E-state index in [1.807, 2.05) is 24.3 Å². The first-order valence-corrected chi connectivity index (χ1v) is 10.1. The van der Waals surface area contributed by atoms with Crippen molar-refractivity contribution in [2.45, 2.75) is 24.9 Å². The van der Waals surface area contributed by atoms with Gasteiger partial charge in [-0.15, -0.1) is 5.10 Å². The molecule has 4 rings (SSSR count). The molecule has 8 nitrogen and oxygen atoms in total. The number of aliphatic hydroxyl groups is 1. The summed E-state index contributed by atoms with van der Waals surface area (Å²) in [5.41, 5.74) is 1.25. The zero-order valence-electron chi connectivity index (χ0n) is 17.2. The standard InChI is InChI=1S/C23H21FN6O2/c1-25-21-14-18(4-7-20(21)24)8-9-23(32)10-12-29(13-11-23)22(31)15-17-2-5-19(6-3-17)30-16-26-27-28-30/h2-9,14,16,32H,10-13,15H2/b9-8+. The molecule has 1 fully saturated rings. The number of nitrogens with zero attached hydrogens (tertiary/aromatic N) is 6. The molecule has 0 unspecified atom stereocenters. The summed E-state index contributed by atoms with van der Waals surface area (Å²) in [7, 11) is 0. The number of amides is 1. The molecular formula is C23H21FN6O2. The molecule has 1 N–H and O–H groups in total. The van der Waals surface area contributed by atoms with Crippen molar-refractivity contribution in [3.05, 3.63) is 83.2 Å². The second-order valence-corrected chi connectivity index (χ2v) is 7.74. The molecule has 1 aromatic heterocycles. The minimum Gasteiger partial charge on any atom is -0.386 e. The van der Waals surface area contributed by atoms with Crippen molar-refractivity contribution in [3.63, 3.8) is 0 Å². The van der Waals surface area contributed by atoms with E-state index in [1.165, 1.54) is 18.5 Å². The predicted molar refractivity (Wildman–Crippen MR) is 115 cm³/mol. The first kappa shape index (κ1) is 21.3. The lowest BCUT2D eigenvalue weighted by molar-refractivity contribution is -0.133. The van der Waals surface area contributed by atoms with Crippen molar-refractivity contribution in [1.29, 1.82) is 0 Å². The first-order chi connectivity index (χ1) is 15.5. The van der Waals surface area contributed by atoms with Crippen LogP contribution < -0.4 is 0 Å². The van der Waals surface area contributed by atoms with Gasteiger partial charge in [0.05, 0.1) is 24.3 Å². The van der Waals surface area contributed by atoms with Gasteiger partial charge in [-0.05, 0) is 58.7 Å². The Bertz CT molecular complexity index is 1160. The normalized spacial score (nSPS) is 15.6. The minimum atomic E-state index is -1.04. The summed E-state index contributed by atoms with van der Waals surface area (Å²) < 4.78 is 15.0. The van der Waals surface area contributed by atoms with Crippen LogP contribution in [0, 0.1) is 12.4 Å². The number of tetrazole rings is 1. The molecule has 0 radical (unpaired) electrons. The Hall–Kier alpha value is -3.90. The number of piperidine rings is 1. The van der Waals surface area contributed by atoms with Crippen LogP contribution in [0.15, 0.2) is 54.9 Å². The topological polar surface area (TPSA) is 88.5 Å². The van der Waals surface area contributed by atoms with E-state index in [0.29, 0.717) is 31.5 Å². The van der Waals surface area contributed by atoms with Crippen molar-refractivity contribution in [1.82, 2.24) is 25.1 Å². The largest absolute Gasteiger partial charge is 0.386 e. The molecule has 0 atom stereocenters. The van der Waals surface area contributed by atoms with Crippen molar-refractivity contribution < 1.29 is 14.3 Å². The fraction of sp³-hybridized carbons (Fsp3) is 0.261. The molecular weight excluding hydrogens is 411 g/mol. The zero-order valence-corrected chi connectivity index (χ0v) is 17.2. The molecule has 1 aliphatic rings. The van der Waals surface area contributed by atoms with Gasteiger partial charge in [-0.3, -0.25) is 4.79 Å². The number of rotatable bonds is 5. The van der Waals surface area contributed by atoms with Crippen molar-refractivity contribution >= 4 is 17.7 Å². The fourth-order valence-corrected chi connectivity index (χ4v) is 3.61. The monoisotopic (exact) mass is 432 g/mol. The van der Waals surface area contributed by atoms with E-state index >= 15 is 0 Å². The number of carbonyl (C=O) groups excluding carboxylic acids is 1. The maximum absolute atomic E-state index is 13.5. The van der Waals surface area contributed by atoms with Crippen molar-refractivity contribution in [3.8, 4) is 5.69 Å². The van der Waals surface area contributed by atoms with E-state index in [2.05, 4.69) is 20.4 Å². The number of halogens is 1. The summed E-state index contributed by atoms with van der Waals surface area (Å²) >= 11 is 0. The van der Waals surface area contributed by atoms with Crippen LogP contribution >= 0.6 is 0 Å². The van der Waals surface area contributed by atoms with E-state index in [0.717, 1.165) is 11.3 Å². The molecule has 0 aliphatic carbocycles. The third-order valence-corrected chi connectivity index (χ3v) is 5.56. The van der Waals surface area contributed by atoms with Crippen LogP contribution in [0.2, 0.25) is 0 Å². The average molecular weight is 432 g/mol. The van der Waals surface area contributed by atoms with Crippen LogP contribution in [0.4, 0.5) is 10.1 Å². The molecule has 2 aromatic carbocycles. The van der Waals surface area contributed by atoms with Crippen LogP contribution in [-0.2, 0) is 11.2 Å². The average Bonchev–Trinajstić information content (AvgIpc) is 3.34. The SMILES string of the molecule is [C-]#[N+]c1cc(/C=C/C2(O)CCN(C(=O)Cc3ccc(-n4cnnn4)cc3)CC2)ccc1F. The van der Waals surface area contributed by atoms with Crippen LogP contribution in [-0.4, -0.2) is 54.8 Å². The van der Waals surface area contributed by atoms with Gasteiger partial charge < -0.3 is 10.0 Å². The second kappa shape index (κ2) is 9.08. The number of hydrogen-bond acceptors (Lipinski definition) is 5. The van der Waals surface area contributed by atoms with Gasteiger partial charge in [0, 0.05) is 13.1 Å². The van der Waals surface area contributed by atoms with Gasteiger partial charge in [0.25, 0.3) is 0 Å². The Kier molecular flexibility index (Phi) is 6.05. The van der Waals surface area contributed by atoms with E-state index in [-0.39, 0.29) is 18.0 Å². The lowest BCUT2D eigenvalue weighted by atomic mass is 9.90. The van der Waals surface area contributed by atoms with Crippen LogP contribution in [0.5, 0.6) is 0 Å². The molecule has 1 saturated heterocycles. The summed E-state index contributed by atoms with van der Waals surface area (Å²) in [4.78, 5) is 17.6. The van der Waals surface area contributed by atoms with Crippen LogP contribution in [0.1, 0.15) is 24.0 Å². The quantitative estimate of drug-likeness (QED) is 0.627. The third kappa shape index (κ3) is 4.87. The predicted octanol–water partition coefficient (Wildman–Crippen LogP) is 2.96. The fourth-order valence-electron chi connectivity index (χ4n) is 3.61. The minimum absolute atomic E-state index is 0.00596. The third-order valence-electron chi connectivity index (χ3n) is 5.56. The van der Waals surface area contributed by atoms with Gasteiger partial charge in [-0.25, -0.2) is 13.9 Å². The van der Waals surface area contributed by atoms with Gasteiger partial charge in [-0.1, -0.05) is 30.4 Å².